The van der Waals surface area contributed by atoms with Crippen molar-refractivity contribution in [1.29, 1.82) is 0 Å². The van der Waals surface area contributed by atoms with Crippen LogP contribution in [0.25, 0.3) is 77.8 Å². The van der Waals surface area contributed by atoms with Gasteiger partial charge in [0, 0.05) is 0 Å². The summed E-state index contributed by atoms with van der Waals surface area (Å²) in [5.41, 5.74) is 11.4. The Morgan fingerprint density at radius 3 is 0.731 bits per heavy atom. The van der Waals surface area contributed by atoms with Crippen LogP contribution in [0.5, 0.6) is 0 Å². The van der Waals surface area contributed by atoms with Crippen LogP contribution in [-0.4, -0.2) is 41.1 Å². The molecule has 0 saturated heterocycles. The number of rotatable bonds is 4. The Bertz CT molecular complexity index is 2610. The summed E-state index contributed by atoms with van der Waals surface area (Å²) in [4.78, 5) is 0. The number of nitrogens with zero attached hydrogens (tertiary/aromatic N) is 2. The molecule has 0 fully saturated rings. The van der Waals surface area contributed by atoms with Gasteiger partial charge in [-0.1, -0.05) is 124 Å². The van der Waals surface area contributed by atoms with Gasteiger partial charge in [-0.05, 0) is 48.5 Å². The third-order valence-corrected chi connectivity index (χ3v) is 19.0. The van der Waals surface area contributed by atoms with Crippen LogP contribution in [-0.2, 0) is 0 Å². The maximum Gasteiger partial charge on any atom is 0.200 e. The molecule has 0 aliphatic heterocycles. The Balaban J connectivity index is 1.60. The van der Waals surface area contributed by atoms with E-state index in [0.717, 1.165) is 55.4 Å². The molecule has 9 aromatic rings. The smallest absolute Gasteiger partial charge is 0.200 e. The molecule has 4 aromatic heterocycles. The van der Waals surface area contributed by atoms with E-state index in [1.54, 1.807) is 0 Å². The second kappa shape index (κ2) is 10.7. The van der Waals surface area contributed by atoms with Gasteiger partial charge >= 0.3 is 0 Å². The molecule has 0 unspecified atom stereocenters. The Kier molecular flexibility index (Phi) is 6.90. The summed E-state index contributed by atoms with van der Waals surface area (Å²) < 4.78 is 33.0. The molecule has 0 N–H and O–H groups in total. The first-order chi connectivity index (χ1) is 24.3. The van der Waals surface area contributed by atoms with E-state index in [0.29, 0.717) is 22.3 Å². The number of hydrogen-bond donors (Lipinski definition) is 0. The van der Waals surface area contributed by atoms with Gasteiger partial charge in [0.15, 0.2) is 44.7 Å². The van der Waals surface area contributed by atoms with Crippen LogP contribution in [0.3, 0.4) is 0 Å². The van der Waals surface area contributed by atoms with Crippen LogP contribution in [0, 0.1) is 0 Å². The van der Waals surface area contributed by atoms with Crippen molar-refractivity contribution in [2.24, 2.45) is 0 Å². The molecule has 0 bridgehead atoms. The standard InChI is InChI=1S/C42H48N2O4Si4/c1-49(2,3)25-13-17-29-33(21-25)45-39-37-41(47-34-22-26(50(4,5)6)14-18-30(34)43(29)37)42-38-40(39)46-35-23-27(51(7,8)9)15-19-31(35)44(38)32-20-16-28(52(10,11)12)24-36(32)48-42/h13-24H,1-12H3. The third kappa shape index (κ3) is 4.98. The average molecular weight is 757 g/mol. The van der Waals surface area contributed by atoms with Crippen molar-refractivity contribution in [3.63, 3.8) is 0 Å². The van der Waals surface area contributed by atoms with E-state index in [1.807, 2.05) is 0 Å². The average Bonchev–Trinajstić information content (AvgIpc) is 3.06. The Hall–Kier alpha value is -4.23. The normalized spacial score (nSPS) is 13.8. The Morgan fingerprint density at radius 2 is 0.538 bits per heavy atom. The van der Waals surface area contributed by atoms with Gasteiger partial charge in [-0.15, -0.1) is 0 Å². The van der Waals surface area contributed by atoms with Gasteiger partial charge < -0.3 is 17.7 Å². The van der Waals surface area contributed by atoms with Crippen molar-refractivity contribution in [3.05, 3.63) is 72.8 Å². The van der Waals surface area contributed by atoms with E-state index >= 15 is 0 Å². The quantitative estimate of drug-likeness (QED) is 0.102. The molecule has 6 nitrogen and oxygen atoms in total. The Labute approximate surface area is 307 Å². The second-order valence-electron chi connectivity index (χ2n) is 18.8. The predicted octanol–water partition coefficient (Wildman–Crippen LogP) is 10.8. The highest BCUT2D eigenvalue weighted by Crippen LogP contribution is 2.42. The van der Waals surface area contributed by atoms with Gasteiger partial charge in [0.25, 0.3) is 0 Å². The SMILES string of the molecule is C[Si](C)(C)c1ccc2c(c1)oc1c3oc4cc([Si](C)(C)C)ccc4n4c5ccc([Si](C)(C)C)cc5oc(c5oc6cc([Si](C)(C)C)ccc6n2c15)c34. The zero-order valence-electron chi connectivity index (χ0n) is 32.5. The highest BCUT2D eigenvalue weighted by Gasteiger charge is 2.29. The lowest BCUT2D eigenvalue weighted by atomic mass is 10.1. The topological polar surface area (TPSA) is 61.4 Å². The summed E-state index contributed by atoms with van der Waals surface area (Å²) in [7, 11) is -6.64. The fraction of sp³-hybridized carbons (Fsp3) is 0.286. The fourth-order valence-corrected chi connectivity index (χ4v) is 12.2. The number of hydrogen-bond acceptors (Lipinski definition) is 4. The largest absolute Gasteiger partial charge is 0.449 e. The van der Waals surface area contributed by atoms with Crippen LogP contribution in [0.1, 0.15) is 0 Å². The van der Waals surface area contributed by atoms with E-state index in [9.17, 15) is 0 Å². The van der Waals surface area contributed by atoms with Gasteiger partial charge in [-0.2, -0.15) is 0 Å². The van der Waals surface area contributed by atoms with Gasteiger partial charge in [-0.25, -0.2) is 0 Å². The van der Waals surface area contributed by atoms with Crippen LogP contribution >= 0.6 is 0 Å². The summed E-state index contributed by atoms with van der Waals surface area (Å²) in [5, 5.41) is 5.36. The van der Waals surface area contributed by atoms with Gasteiger partial charge in [0.2, 0.25) is 0 Å². The summed E-state index contributed by atoms with van der Waals surface area (Å²) in [6, 6.07) is 27.0. The van der Waals surface area contributed by atoms with Crippen LogP contribution in [0.4, 0.5) is 0 Å². The number of benzene rings is 5. The molecule has 10 heteroatoms. The highest BCUT2D eigenvalue weighted by molar-refractivity contribution is 6.90. The molecule has 0 aliphatic carbocycles. The third-order valence-electron chi connectivity index (χ3n) is 10.8. The Morgan fingerprint density at radius 1 is 0.327 bits per heavy atom. The van der Waals surface area contributed by atoms with Crippen molar-refractivity contribution in [2.45, 2.75) is 78.6 Å². The second-order valence-corrected chi connectivity index (χ2v) is 39.1. The van der Waals surface area contributed by atoms with Crippen molar-refractivity contribution in [3.8, 4) is 0 Å². The first-order valence-corrected chi connectivity index (χ1v) is 32.4. The lowest BCUT2D eigenvalue weighted by Gasteiger charge is -2.22. The molecule has 9 rings (SSSR count). The fourth-order valence-electron chi connectivity index (χ4n) is 7.59. The van der Waals surface area contributed by atoms with E-state index in [2.05, 4.69) is 160 Å². The first kappa shape index (κ1) is 33.6. The molecule has 0 aliphatic rings. The molecule has 266 valence electrons. The van der Waals surface area contributed by atoms with Crippen molar-refractivity contribution < 1.29 is 17.7 Å². The van der Waals surface area contributed by atoms with E-state index in [1.165, 1.54) is 20.7 Å². The number of aromatic nitrogens is 2. The van der Waals surface area contributed by atoms with Gasteiger partial charge in [0.1, 0.15) is 11.0 Å². The highest BCUT2D eigenvalue weighted by atomic mass is 28.3. The minimum Gasteiger partial charge on any atom is -0.449 e. The molecule has 0 radical (unpaired) electrons. The molecule has 0 saturated carbocycles. The van der Waals surface area contributed by atoms with E-state index in [-0.39, 0.29) is 0 Å². The first-order valence-electron chi connectivity index (χ1n) is 18.4. The summed E-state index contributed by atoms with van der Waals surface area (Å²) in [6.07, 6.45) is 0. The minimum absolute atomic E-state index is 0.647. The molecular weight excluding hydrogens is 709 g/mol. The maximum atomic E-state index is 7.10. The van der Waals surface area contributed by atoms with E-state index < -0.39 is 32.3 Å². The monoisotopic (exact) mass is 756 g/mol. The lowest BCUT2D eigenvalue weighted by molar-refractivity contribution is 0.597. The van der Waals surface area contributed by atoms with Gasteiger partial charge in [-0.3, -0.25) is 8.80 Å². The molecule has 52 heavy (non-hydrogen) atoms. The zero-order valence-corrected chi connectivity index (χ0v) is 36.5. The molecule has 0 atom stereocenters. The zero-order chi connectivity index (χ0) is 36.9. The van der Waals surface area contributed by atoms with Crippen molar-refractivity contribution >= 4 is 131 Å². The van der Waals surface area contributed by atoms with E-state index in [4.69, 9.17) is 17.7 Å². The molecule has 0 spiro atoms. The number of fused-ring (bicyclic) bond motifs is 10. The van der Waals surface area contributed by atoms with Crippen molar-refractivity contribution in [1.82, 2.24) is 8.80 Å². The predicted molar refractivity (Wildman–Crippen MR) is 232 cm³/mol. The lowest BCUT2D eigenvalue weighted by Crippen LogP contribution is -2.37. The van der Waals surface area contributed by atoms with Crippen LogP contribution < -0.4 is 20.7 Å². The van der Waals surface area contributed by atoms with Crippen molar-refractivity contribution in [2.75, 3.05) is 0 Å². The van der Waals surface area contributed by atoms with Crippen LogP contribution in [0.2, 0.25) is 78.6 Å². The maximum absolute atomic E-state index is 7.10. The van der Waals surface area contributed by atoms with Gasteiger partial charge in [0.05, 0.1) is 54.4 Å². The minimum atomic E-state index is -1.66. The molecular formula is C42H48N2O4Si4. The summed E-state index contributed by atoms with van der Waals surface area (Å²) >= 11 is 0. The molecule has 0 amide bonds. The molecule has 4 heterocycles. The van der Waals surface area contributed by atoms with Crippen LogP contribution in [0.15, 0.2) is 90.5 Å². The molecule has 5 aromatic carbocycles. The summed E-state index contributed by atoms with van der Waals surface area (Å²) in [6.45, 7) is 28.5. The summed E-state index contributed by atoms with van der Waals surface area (Å²) in [5.74, 6) is 0.